The topological polar surface area (TPSA) is 0 Å². The molecule has 9 heavy (non-hydrogen) atoms. The molecule has 0 rings (SSSR count). The van der Waals surface area contributed by atoms with Crippen LogP contribution >= 0.6 is 0 Å². The highest BCUT2D eigenvalue weighted by molar-refractivity contribution is 7.95. The summed E-state index contributed by atoms with van der Waals surface area (Å²) in [5.74, 6) is 1.10. The van der Waals surface area contributed by atoms with Crippen LogP contribution in [0, 0.1) is 0 Å². The van der Waals surface area contributed by atoms with E-state index in [1.54, 1.807) is 0 Å². The Labute approximate surface area is 66.8 Å². The van der Waals surface area contributed by atoms with Gasteiger partial charge in [0.05, 0.1) is 12.5 Å². The van der Waals surface area contributed by atoms with Gasteiger partial charge >= 0.3 is 0 Å². The van der Waals surface area contributed by atoms with Crippen LogP contribution in [0.25, 0.3) is 0 Å². The van der Waals surface area contributed by atoms with E-state index in [-0.39, 0.29) is 12.4 Å². The van der Waals surface area contributed by atoms with E-state index in [1.807, 2.05) is 6.08 Å². The predicted molar refractivity (Wildman–Crippen MR) is 43.4 cm³/mol. The van der Waals surface area contributed by atoms with Crippen molar-refractivity contribution in [1.82, 2.24) is 0 Å². The molecule has 0 N–H and O–H groups in total. The molecule has 0 spiro atoms. The van der Waals surface area contributed by atoms with Crippen molar-refractivity contribution in [3.63, 3.8) is 0 Å². The Balaban J connectivity index is 0. The quantitative estimate of drug-likeness (QED) is 0.356. The van der Waals surface area contributed by atoms with E-state index in [0.29, 0.717) is 10.9 Å². The van der Waals surface area contributed by atoms with Gasteiger partial charge in [-0.1, -0.05) is 19.2 Å². The zero-order valence-electron chi connectivity index (χ0n) is 5.98. The molecule has 0 saturated carbocycles. The lowest BCUT2D eigenvalue weighted by molar-refractivity contribution is -0.00000186. The van der Waals surface area contributed by atoms with Crippen LogP contribution in [0.2, 0.25) is 0 Å². The van der Waals surface area contributed by atoms with Crippen LogP contribution < -0.4 is 12.4 Å². The van der Waals surface area contributed by atoms with E-state index in [4.69, 9.17) is 0 Å². The minimum absolute atomic E-state index is 0. The molecule has 0 atom stereocenters. The lowest BCUT2D eigenvalue weighted by Gasteiger charge is -1.93. The lowest BCUT2D eigenvalue weighted by Crippen LogP contribution is -3.00. The van der Waals surface area contributed by atoms with Crippen LogP contribution in [0.5, 0.6) is 0 Å². The minimum atomic E-state index is 0. The van der Waals surface area contributed by atoms with Crippen LogP contribution in [0.15, 0.2) is 24.8 Å². The van der Waals surface area contributed by atoms with Crippen molar-refractivity contribution in [1.29, 1.82) is 0 Å². The molecular weight excluding hydrogens is 152 g/mol. The van der Waals surface area contributed by atoms with Gasteiger partial charge < -0.3 is 12.4 Å². The first-order chi connectivity index (χ1) is 3.66. The number of allylic oxidation sites excluding steroid dienone is 1. The van der Waals surface area contributed by atoms with Crippen molar-refractivity contribution in [2.24, 2.45) is 0 Å². The molecule has 0 bridgehead atoms. The summed E-state index contributed by atoms with van der Waals surface area (Å²) in [4.78, 5) is 0. The number of hydrogen-bond donors (Lipinski definition) is 0. The third kappa shape index (κ3) is 8.12. The third-order valence-electron chi connectivity index (χ3n) is 0.763. The van der Waals surface area contributed by atoms with Gasteiger partial charge in [0.1, 0.15) is 5.75 Å². The Morgan fingerprint density at radius 3 is 2.11 bits per heavy atom. The zero-order valence-corrected chi connectivity index (χ0v) is 7.56. The highest BCUT2D eigenvalue weighted by Crippen LogP contribution is 1.95. The average Bonchev–Trinajstić information content (AvgIpc) is 1.65. The summed E-state index contributed by atoms with van der Waals surface area (Å²) < 4.78 is 0. The number of rotatable bonds is 3. The second-order valence-electron chi connectivity index (χ2n) is 1.99. The first kappa shape index (κ1) is 11.9. The summed E-state index contributed by atoms with van der Waals surface area (Å²) in [6, 6.07) is 0. The van der Waals surface area contributed by atoms with E-state index in [2.05, 4.69) is 25.7 Å². The van der Waals surface area contributed by atoms with Gasteiger partial charge in [0.2, 0.25) is 0 Å². The molecule has 0 unspecified atom stereocenters. The van der Waals surface area contributed by atoms with Gasteiger partial charge in [0, 0.05) is 0 Å². The molecule has 0 aromatic carbocycles. The first-order valence-electron chi connectivity index (χ1n) is 2.51. The smallest absolute Gasteiger partial charge is 0.132 e. The molecule has 0 saturated heterocycles. The third-order valence-corrected chi connectivity index (χ3v) is 1.71. The zero-order chi connectivity index (χ0) is 6.57. The van der Waals surface area contributed by atoms with Crippen LogP contribution in [0.3, 0.4) is 0 Å². The van der Waals surface area contributed by atoms with Gasteiger partial charge in [-0.15, -0.1) is 0 Å². The molecule has 0 aromatic rings. The fraction of sp³-hybridized carbons (Fsp3) is 0.429. The average molecular weight is 165 g/mol. The van der Waals surface area contributed by atoms with Crippen molar-refractivity contribution >= 4 is 10.9 Å². The monoisotopic (exact) mass is 164 g/mol. The maximum absolute atomic E-state index is 3.80. The van der Waals surface area contributed by atoms with Gasteiger partial charge in [-0.3, -0.25) is 0 Å². The molecule has 0 aliphatic heterocycles. The van der Waals surface area contributed by atoms with Gasteiger partial charge in [0.15, 0.2) is 0 Å². The molecule has 0 heterocycles. The fourth-order valence-corrected chi connectivity index (χ4v) is 1.29. The van der Waals surface area contributed by atoms with Crippen molar-refractivity contribution in [2.75, 3.05) is 18.3 Å². The SMILES string of the molecule is C=CC(=C)C[S+](C)C.[Cl-]. The molecule has 0 nitrogen and oxygen atoms in total. The van der Waals surface area contributed by atoms with Gasteiger partial charge in [0.25, 0.3) is 0 Å². The highest BCUT2D eigenvalue weighted by Gasteiger charge is 2.00. The molecule has 54 valence electrons. The Hall–Kier alpha value is 0.120. The van der Waals surface area contributed by atoms with E-state index >= 15 is 0 Å². The number of halogens is 1. The van der Waals surface area contributed by atoms with Crippen molar-refractivity contribution in [2.45, 2.75) is 0 Å². The van der Waals surface area contributed by atoms with Crippen LogP contribution in [-0.2, 0) is 10.9 Å². The minimum Gasteiger partial charge on any atom is -1.00 e. The first-order valence-corrected chi connectivity index (χ1v) is 4.72. The summed E-state index contributed by atoms with van der Waals surface area (Å²) in [6.45, 7) is 7.42. The standard InChI is InChI=1S/C7H13S.ClH/c1-5-7(2)6-8(3)4;/h5H,1-2,6H2,3-4H3;1H/q+1;/p-1. The van der Waals surface area contributed by atoms with E-state index in [9.17, 15) is 0 Å². The maximum Gasteiger partial charge on any atom is 0.132 e. The molecule has 2 heteroatoms. The molecule has 0 amide bonds. The van der Waals surface area contributed by atoms with Crippen LogP contribution in [-0.4, -0.2) is 18.3 Å². The van der Waals surface area contributed by atoms with Gasteiger partial charge in [-0.2, -0.15) is 0 Å². The Morgan fingerprint density at radius 2 is 2.00 bits per heavy atom. The molecule has 0 aliphatic carbocycles. The van der Waals surface area contributed by atoms with Crippen molar-refractivity contribution < 1.29 is 12.4 Å². The van der Waals surface area contributed by atoms with Crippen molar-refractivity contribution in [3.05, 3.63) is 24.8 Å². The normalized spacial score (nSPS) is 8.33. The maximum atomic E-state index is 3.80. The molecule has 0 fully saturated rings. The second-order valence-corrected chi connectivity index (χ2v) is 4.25. The van der Waals surface area contributed by atoms with E-state index < -0.39 is 0 Å². The Morgan fingerprint density at radius 1 is 1.56 bits per heavy atom. The van der Waals surface area contributed by atoms with Gasteiger partial charge in [-0.25, -0.2) is 0 Å². The summed E-state index contributed by atoms with van der Waals surface area (Å²) in [5.41, 5.74) is 1.15. The van der Waals surface area contributed by atoms with Crippen LogP contribution in [0.4, 0.5) is 0 Å². The molecule has 0 radical (unpaired) electrons. The molecular formula is C7H13ClS. The lowest BCUT2D eigenvalue weighted by atomic mass is 10.4. The van der Waals surface area contributed by atoms with Crippen LogP contribution in [0.1, 0.15) is 0 Å². The highest BCUT2D eigenvalue weighted by atomic mass is 35.5. The van der Waals surface area contributed by atoms with Gasteiger partial charge in [-0.05, 0) is 16.5 Å². The largest absolute Gasteiger partial charge is 1.00 e. The number of hydrogen-bond acceptors (Lipinski definition) is 0. The van der Waals surface area contributed by atoms with E-state index in [1.165, 1.54) is 0 Å². The summed E-state index contributed by atoms with van der Waals surface area (Å²) >= 11 is 0. The van der Waals surface area contributed by atoms with Crippen molar-refractivity contribution in [3.8, 4) is 0 Å². The predicted octanol–water partition coefficient (Wildman–Crippen LogP) is -1.39. The summed E-state index contributed by atoms with van der Waals surface area (Å²) in [6.07, 6.45) is 6.23. The second kappa shape index (κ2) is 6.24. The van der Waals surface area contributed by atoms with E-state index in [0.717, 1.165) is 11.3 Å². The fourth-order valence-electron chi connectivity index (χ4n) is 0.430. The molecule has 0 aliphatic rings. The molecule has 0 aromatic heterocycles. The Bertz CT molecular complexity index is 97.1. The summed E-state index contributed by atoms with van der Waals surface area (Å²) in [7, 11) is 0.484. The summed E-state index contributed by atoms with van der Waals surface area (Å²) in [5, 5.41) is 0. The Kier molecular flexibility index (Phi) is 8.23.